The normalized spacial score (nSPS) is 10.7. The molecule has 0 bridgehead atoms. The maximum Gasteiger partial charge on any atom is 0.108 e. The lowest BCUT2D eigenvalue weighted by Crippen LogP contribution is -2.13. The first-order chi connectivity index (χ1) is 7.40. The Hall–Kier alpha value is -1.19. The Morgan fingerprint density at radius 3 is 3.07 bits per heavy atom. The maximum absolute atomic E-state index is 4.54. The van der Waals surface area contributed by atoms with Gasteiger partial charge in [-0.1, -0.05) is 18.2 Å². The van der Waals surface area contributed by atoms with Crippen LogP contribution in [0.4, 0.5) is 0 Å². The molecule has 0 amide bonds. The Balaban J connectivity index is 1.99. The first-order valence-corrected chi connectivity index (χ1v) is 5.88. The number of thiazole rings is 1. The average molecular weight is 218 g/mol. The summed E-state index contributed by atoms with van der Waals surface area (Å²) in [5.74, 6) is 0. The van der Waals surface area contributed by atoms with Crippen LogP contribution in [0.1, 0.15) is 11.4 Å². The van der Waals surface area contributed by atoms with E-state index in [1.165, 1.54) is 4.70 Å². The second-order valence-corrected chi connectivity index (χ2v) is 4.44. The van der Waals surface area contributed by atoms with Gasteiger partial charge in [0.15, 0.2) is 0 Å². The Morgan fingerprint density at radius 2 is 2.27 bits per heavy atom. The van der Waals surface area contributed by atoms with Gasteiger partial charge in [-0.2, -0.15) is 0 Å². The van der Waals surface area contributed by atoms with Crippen molar-refractivity contribution in [3.05, 3.63) is 41.9 Å². The van der Waals surface area contributed by atoms with Gasteiger partial charge in [0, 0.05) is 6.54 Å². The molecule has 0 spiro atoms. The number of aromatic nitrogens is 1. The fraction of sp³-hybridized carbons (Fsp3) is 0.250. The molecule has 0 unspecified atom stereocenters. The zero-order chi connectivity index (χ0) is 10.5. The van der Waals surface area contributed by atoms with E-state index in [1.807, 2.05) is 12.1 Å². The second kappa shape index (κ2) is 5.05. The van der Waals surface area contributed by atoms with Gasteiger partial charge < -0.3 is 5.32 Å². The molecular formula is C12H14N2S. The van der Waals surface area contributed by atoms with E-state index in [0.717, 1.165) is 30.0 Å². The van der Waals surface area contributed by atoms with Gasteiger partial charge in [0.1, 0.15) is 5.01 Å². The summed E-state index contributed by atoms with van der Waals surface area (Å²) in [4.78, 5) is 4.54. The van der Waals surface area contributed by atoms with Crippen LogP contribution in [0.25, 0.3) is 10.2 Å². The van der Waals surface area contributed by atoms with Gasteiger partial charge in [0.05, 0.1) is 10.2 Å². The first-order valence-electron chi connectivity index (χ1n) is 5.06. The van der Waals surface area contributed by atoms with Crippen molar-refractivity contribution in [1.29, 1.82) is 0 Å². The number of para-hydroxylation sites is 1. The summed E-state index contributed by atoms with van der Waals surface area (Å²) in [5, 5.41) is 4.49. The third-order valence-corrected chi connectivity index (χ3v) is 3.18. The number of hydrogen-bond acceptors (Lipinski definition) is 3. The molecule has 0 aliphatic heterocycles. The highest BCUT2D eigenvalue weighted by Crippen LogP contribution is 2.21. The third kappa shape index (κ3) is 2.64. The lowest BCUT2D eigenvalue weighted by Gasteiger charge is -1.97. The number of benzene rings is 1. The lowest BCUT2D eigenvalue weighted by atomic mass is 10.3. The molecule has 2 nitrogen and oxygen atoms in total. The van der Waals surface area contributed by atoms with Gasteiger partial charge in [-0.15, -0.1) is 17.9 Å². The highest BCUT2D eigenvalue weighted by Gasteiger charge is 2.01. The number of nitrogens with zero attached hydrogens (tertiary/aromatic N) is 1. The number of nitrogens with one attached hydrogen (secondary N) is 1. The molecule has 1 aromatic heterocycles. The van der Waals surface area contributed by atoms with Crippen molar-refractivity contribution in [2.24, 2.45) is 0 Å². The smallest absolute Gasteiger partial charge is 0.108 e. The fourth-order valence-electron chi connectivity index (χ4n) is 1.39. The minimum Gasteiger partial charge on any atom is -0.310 e. The molecule has 1 N–H and O–H groups in total. The van der Waals surface area contributed by atoms with Gasteiger partial charge in [-0.05, 0) is 25.1 Å². The summed E-state index contributed by atoms with van der Waals surface area (Å²) in [5.41, 5.74) is 1.10. The van der Waals surface area contributed by atoms with Crippen molar-refractivity contribution in [3.8, 4) is 0 Å². The topological polar surface area (TPSA) is 24.9 Å². The van der Waals surface area contributed by atoms with Gasteiger partial charge in [-0.3, -0.25) is 0 Å². The Morgan fingerprint density at radius 1 is 1.40 bits per heavy atom. The minimum atomic E-state index is 0.854. The van der Waals surface area contributed by atoms with Crippen LogP contribution in [0.3, 0.4) is 0 Å². The van der Waals surface area contributed by atoms with Crippen LogP contribution in [-0.4, -0.2) is 11.5 Å². The van der Waals surface area contributed by atoms with Crippen LogP contribution in [0.2, 0.25) is 0 Å². The van der Waals surface area contributed by atoms with E-state index in [1.54, 1.807) is 11.3 Å². The van der Waals surface area contributed by atoms with Crippen LogP contribution < -0.4 is 5.32 Å². The van der Waals surface area contributed by atoms with E-state index in [0.29, 0.717) is 0 Å². The molecule has 1 heterocycles. The van der Waals surface area contributed by atoms with Crippen molar-refractivity contribution < 1.29 is 0 Å². The molecule has 78 valence electrons. The summed E-state index contributed by atoms with van der Waals surface area (Å²) in [6.07, 6.45) is 2.93. The lowest BCUT2D eigenvalue weighted by molar-refractivity contribution is 0.693. The van der Waals surface area contributed by atoms with Crippen LogP contribution in [0, 0.1) is 0 Å². The summed E-state index contributed by atoms with van der Waals surface area (Å²) in [6.45, 7) is 5.51. The molecule has 0 fully saturated rings. The SMILES string of the molecule is C=CCCNCc1nc2ccccc2s1. The van der Waals surface area contributed by atoms with E-state index in [4.69, 9.17) is 0 Å². The van der Waals surface area contributed by atoms with E-state index >= 15 is 0 Å². The molecule has 0 aliphatic carbocycles. The molecule has 3 heteroatoms. The standard InChI is InChI=1S/C12H14N2S/c1-2-3-8-13-9-12-14-10-6-4-5-7-11(10)15-12/h2,4-7,13H,1,3,8-9H2. The number of hydrogen-bond donors (Lipinski definition) is 1. The molecule has 0 radical (unpaired) electrons. The van der Waals surface area contributed by atoms with Gasteiger partial charge in [0.25, 0.3) is 0 Å². The zero-order valence-electron chi connectivity index (χ0n) is 8.57. The maximum atomic E-state index is 4.54. The molecule has 0 saturated carbocycles. The molecule has 0 saturated heterocycles. The van der Waals surface area contributed by atoms with E-state index in [2.05, 4.69) is 35.1 Å². The minimum absolute atomic E-state index is 0.854. The van der Waals surface area contributed by atoms with Crippen molar-refractivity contribution in [3.63, 3.8) is 0 Å². The Labute approximate surface area is 93.7 Å². The van der Waals surface area contributed by atoms with Gasteiger partial charge >= 0.3 is 0 Å². The summed E-state index contributed by atoms with van der Waals surface area (Å²) in [7, 11) is 0. The monoisotopic (exact) mass is 218 g/mol. The molecule has 0 aliphatic rings. The van der Waals surface area contributed by atoms with Crippen LogP contribution in [-0.2, 0) is 6.54 Å². The molecule has 15 heavy (non-hydrogen) atoms. The first kappa shape index (κ1) is 10.3. The predicted octanol–water partition coefficient (Wildman–Crippen LogP) is 2.96. The van der Waals surface area contributed by atoms with Crippen LogP contribution in [0.5, 0.6) is 0 Å². The fourth-order valence-corrected chi connectivity index (χ4v) is 2.33. The predicted molar refractivity (Wildman–Crippen MR) is 66.1 cm³/mol. The summed E-state index contributed by atoms with van der Waals surface area (Å²) >= 11 is 1.76. The molecule has 2 aromatic rings. The molecular weight excluding hydrogens is 204 g/mol. The van der Waals surface area contributed by atoms with Crippen molar-refractivity contribution in [1.82, 2.24) is 10.3 Å². The third-order valence-electron chi connectivity index (χ3n) is 2.14. The van der Waals surface area contributed by atoms with Crippen molar-refractivity contribution >= 4 is 21.6 Å². The highest BCUT2D eigenvalue weighted by molar-refractivity contribution is 7.18. The Kier molecular flexibility index (Phi) is 3.48. The van der Waals surface area contributed by atoms with Crippen molar-refractivity contribution in [2.45, 2.75) is 13.0 Å². The average Bonchev–Trinajstić information content (AvgIpc) is 2.67. The zero-order valence-corrected chi connectivity index (χ0v) is 9.39. The number of fused-ring (bicyclic) bond motifs is 1. The van der Waals surface area contributed by atoms with Crippen LogP contribution >= 0.6 is 11.3 Å². The number of rotatable bonds is 5. The van der Waals surface area contributed by atoms with Crippen molar-refractivity contribution in [2.75, 3.05) is 6.54 Å². The van der Waals surface area contributed by atoms with Gasteiger partial charge in [0.2, 0.25) is 0 Å². The quantitative estimate of drug-likeness (QED) is 0.616. The largest absolute Gasteiger partial charge is 0.310 e. The molecule has 2 rings (SSSR count). The Bertz CT molecular complexity index is 415. The molecule has 0 atom stereocenters. The van der Waals surface area contributed by atoms with Gasteiger partial charge in [-0.25, -0.2) is 4.98 Å². The highest BCUT2D eigenvalue weighted by atomic mass is 32.1. The van der Waals surface area contributed by atoms with E-state index < -0.39 is 0 Å². The second-order valence-electron chi connectivity index (χ2n) is 3.33. The van der Waals surface area contributed by atoms with Crippen LogP contribution in [0.15, 0.2) is 36.9 Å². The molecule has 1 aromatic carbocycles. The van der Waals surface area contributed by atoms with E-state index in [9.17, 15) is 0 Å². The summed E-state index contributed by atoms with van der Waals surface area (Å²) in [6, 6.07) is 8.24. The van der Waals surface area contributed by atoms with E-state index in [-0.39, 0.29) is 0 Å². The summed E-state index contributed by atoms with van der Waals surface area (Å²) < 4.78 is 1.26.